The van der Waals surface area contributed by atoms with E-state index in [-0.39, 0.29) is 0 Å². The van der Waals surface area contributed by atoms with Crippen molar-refractivity contribution in [1.82, 2.24) is 9.97 Å². The van der Waals surface area contributed by atoms with Gasteiger partial charge in [-0.1, -0.05) is 0 Å². The van der Waals surface area contributed by atoms with Crippen LogP contribution in [-0.2, 0) is 6.54 Å². The molecule has 0 aliphatic heterocycles. The molecule has 5 nitrogen and oxygen atoms in total. The van der Waals surface area contributed by atoms with E-state index in [0.717, 1.165) is 11.7 Å². The van der Waals surface area contributed by atoms with Gasteiger partial charge in [-0.3, -0.25) is 0 Å². The second kappa shape index (κ2) is 4.08. The van der Waals surface area contributed by atoms with Crippen LogP contribution in [0.5, 0.6) is 0 Å². The smallest absolute Gasteiger partial charge is 0.226 e. The van der Waals surface area contributed by atoms with Crippen molar-refractivity contribution in [2.45, 2.75) is 25.4 Å². The van der Waals surface area contributed by atoms with Crippen molar-refractivity contribution in [3.63, 3.8) is 0 Å². The number of anilines is 2. The van der Waals surface area contributed by atoms with E-state index in [1.54, 1.807) is 18.7 Å². The first-order valence-corrected chi connectivity index (χ1v) is 5.69. The highest BCUT2D eigenvalue weighted by molar-refractivity contribution is 5.40. The summed E-state index contributed by atoms with van der Waals surface area (Å²) in [4.78, 5) is 10.7. The first kappa shape index (κ1) is 10.1. The summed E-state index contributed by atoms with van der Waals surface area (Å²) in [6.45, 7) is 0.710. The largest absolute Gasteiger partial charge is 0.467 e. The van der Waals surface area contributed by atoms with E-state index in [9.17, 15) is 0 Å². The molecule has 17 heavy (non-hydrogen) atoms. The summed E-state index contributed by atoms with van der Waals surface area (Å²) < 4.78 is 5.37. The fraction of sp³-hybridized carbons (Fsp3) is 0.333. The molecule has 2 aromatic rings. The number of nitrogens with zero attached hydrogens (tertiary/aromatic N) is 3. The topological polar surface area (TPSA) is 68.2 Å². The van der Waals surface area contributed by atoms with E-state index < -0.39 is 0 Å². The van der Waals surface area contributed by atoms with Crippen LogP contribution in [0.4, 0.5) is 11.6 Å². The molecule has 0 amide bonds. The minimum absolute atomic E-state index is 0.531. The highest BCUT2D eigenvalue weighted by Gasteiger charge is 2.31. The van der Waals surface area contributed by atoms with E-state index in [1.165, 1.54) is 12.8 Å². The Balaban J connectivity index is 1.82. The van der Waals surface area contributed by atoms with Gasteiger partial charge in [0.25, 0.3) is 0 Å². The van der Waals surface area contributed by atoms with Gasteiger partial charge in [0, 0.05) is 6.04 Å². The molecular formula is C12H14N4O. The number of rotatable bonds is 4. The highest BCUT2D eigenvalue weighted by atomic mass is 16.3. The predicted octanol–water partition coefficient (Wildman–Crippen LogP) is 1.82. The fourth-order valence-electron chi connectivity index (χ4n) is 1.80. The molecule has 1 saturated carbocycles. The van der Waals surface area contributed by atoms with E-state index >= 15 is 0 Å². The lowest BCUT2D eigenvalue weighted by atomic mass is 10.4. The predicted molar refractivity (Wildman–Crippen MR) is 64.4 cm³/mol. The van der Waals surface area contributed by atoms with Crippen molar-refractivity contribution in [1.29, 1.82) is 0 Å². The van der Waals surface area contributed by atoms with E-state index in [4.69, 9.17) is 10.2 Å². The number of hydrogen-bond acceptors (Lipinski definition) is 5. The molecule has 0 saturated heterocycles. The van der Waals surface area contributed by atoms with Gasteiger partial charge in [-0.25, -0.2) is 9.97 Å². The van der Waals surface area contributed by atoms with Crippen LogP contribution in [0, 0.1) is 0 Å². The third kappa shape index (κ3) is 2.22. The van der Waals surface area contributed by atoms with Crippen molar-refractivity contribution in [2.24, 2.45) is 0 Å². The van der Waals surface area contributed by atoms with Crippen LogP contribution >= 0.6 is 0 Å². The summed E-state index contributed by atoms with van der Waals surface area (Å²) >= 11 is 0. The van der Waals surface area contributed by atoms with Gasteiger partial charge in [0.1, 0.15) is 5.76 Å². The van der Waals surface area contributed by atoms with Gasteiger partial charge >= 0.3 is 0 Å². The van der Waals surface area contributed by atoms with Gasteiger partial charge in [-0.2, -0.15) is 0 Å². The third-order valence-electron chi connectivity index (χ3n) is 2.81. The number of nitrogen functional groups attached to an aromatic ring is 1. The van der Waals surface area contributed by atoms with Gasteiger partial charge in [0.05, 0.1) is 30.9 Å². The molecule has 1 aliphatic carbocycles. The van der Waals surface area contributed by atoms with Crippen molar-refractivity contribution >= 4 is 11.6 Å². The molecule has 0 bridgehead atoms. The summed E-state index contributed by atoms with van der Waals surface area (Å²) in [5.74, 6) is 1.65. The Bertz CT molecular complexity index is 476. The summed E-state index contributed by atoms with van der Waals surface area (Å²) in [5, 5.41) is 0. The maximum absolute atomic E-state index is 5.59. The zero-order valence-electron chi connectivity index (χ0n) is 9.41. The second-order valence-corrected chi connectivity index (χ2v) is 4.25. The van der Waals surface area contributed by atoms with Gasteiger partial charge in [-0.15, -0.1) is 0 Å². The molecule has 0 spiro atoms. The zero-order valence-corrected chi connectivity index (χ0v) is 9.41. The molecule has 0 aromatic carbocycles. The maximum atomic E-state index is 5.59. The van der Waals surface area contributed by atoms with Gasteiger partial charge in [-0.05, 0) is 25.0 Å². The highest BCUT2D eigenvalue weighted by Crippen LogP contribution is 2.31. The molecule has 2 N–H and O–H groups in total. The second-order valence-electron chi connectivity index (χ2n) is 4.25. The van der Waals surface area contributed by atoms with E-state index in [1.807, 2.05) is 12.1 Å². The summed E-state index contributed by atoms with van der Waals surface area (Å²) in [6.07, 6.45) is 7.34. The number of furan rings is 1. The number of aromatic nitrogens is 2. The average molecular weight is 230 g/mol. The Labute approximate surface area is 99.3 Å². The molecule has 88 valence electrons. The van der Waals surface area contributed by atoms with Crippen LogP contribution in [0.15, 0.2) is 35.2 Å². The van der Waals surface area contributed by atoms with Crippen LogP contribution in [-0.4, -0.2) is 16.0 Å². The van der Waals surface area contributed by atoms with Gasteiger partial charge in [0.15, 0.2) is 0 Å². The van der Waals surface area contributed by atoms with Crippen molar-refractivity contribution in [3.05, 3.63) is 36.5 Å². The lowest BCUT2D eigenvalue weighted by Crippen LogP contribution is -2.26. The maximum Gasteiger partial charge on any atom is 0.226 e. The Morgan fingerprint density at radius 2 is 2.12 bits per heavy atom. The minimum atomic E-state index is 0.531. The molecule has 1 aliphatic rings. The van der Waals surface area contributed by atoms with Crippen LogP contribution < -0.4 is 10.6 Å². The monoisotopic (exact) mass is 230 g/mol. The molecule has 5 heteroatoms. The average Bonchev–Trinajstić information content (AvgIpc) is 3.05. The molecule has 2 aromatic heterocycles. The minimum Gasteiger partial charge on any atom is -0.467 e. The lowest BCUT2D eigenvalue weighted by Gasteiger charge is -2.20. The molecule has 2 heterocycles. The summed E-state index contributed by atoms with van der Waals surface area (Å²) in [5.41, 5.74) is 6.18. The van der Waals surface area contributed by atoms with Crippen molar-refractivity contribution < 1.29 is 4.42 Å². The third-order valence-corrected chi connectivity index (χ3v) is 2.81. The molecule has 1 fully saturated rings. The van der Waals surface area contributed by atoms with Crippen LogP contribution in [0.1, 0.15) is 18.6 Å². The van der Waals surface area contributed by atoms with Crippen LogP contribution in [0.3, 0.4) is 0 Å². The van der Waals surface area contributed by atoms with E-state index in [2.05, 4.69) is 14.9 Å². The Morgan fingerprint density at radius 3 is 2.71 bits per heavy atom. The first-order chi connectivity index (χ1) is 8.33. The van der Waals surface area contributed by atoms with Crippen molar-refractivity contribution in [3.8, 4) is 0 Å². The Kier molecular flexibility index (Phi) is 2.44. The lowest BCUT2D eigenvalue weighted by molar-refractivity contribution is 0.499. The molecule has 3 rings (SSSR count). The van der Waals surface area contributed by atoms with E-state index in [0.29, 0.717) is 18.3 Å². The van der Waals surface area contributed by atoms with Gasteiger partial charge < -0.3 is 15.1 Å². The first-order valence-electron chi connectivity index (χ1n) is 5.69. The normalized spacial score (nSPS) is 14.8. The molecule has 0 atom stereocenters. The molecule has 0 unspecified atom stereocenters. The molecular weight excluding hydrogens is 216 g/mol. The Morgan fingerprint density at radius 1 is 1.35 bits per heavy atom. The SMILES string of the molecule is Nc1cnc(N(Cc2ccco2)C2CC2)nc1. The van der Waals surface area contributed by atoms with Crippen LogP contribution in [0.2, 0.25) is 0 Å². The van der Waals surface area contributed by atoms with Gasteiger partial charge in [0.2, 0.25) is 5.95 Å². The Hall–Kier alpha value is -2.04. The van der Waals surface area contributed by atoms with Crippen molar-refractivity contribution in [2.75, 3.05) is 10.6 Å². The number of nitrogens with two attached hydrogens (primary N) is 1. The summed E-state index contributed by atoms with van der Waals surface area (Å²) in [6, 6.07) is 4.39. The summed E-state index contributed by atoms with van der Waals surface area (Å²) in [7, 11) is 0. The standard InChI is InChI=1S/C12H14N4O/c13-9-6-14-12(15-7-9)16(10-3-4-10)8-11-2-1-5-17-11/h1-2,5-7,10H,3-4,8,13H2. The zero-order chi connectivity index (χ0) is 11.7. The fourth-order valence-corrected chi connectivity index (χ4v) is 1.80. The van der Waals surface area contributed by atoms with Crippen LogP contribution in [0.25, 0.3) is 0 Å². The number of hydrogen-bond donors (Lipinski definition) is 1. The molecule has 0 radical (unpaired) electrons. The quantitative estimate of drug-likeness (QED) is 0.867.